The van der Waals surface area contributed by atoms with E-state index >= 15 is 0 Å². The van der Waals surface area contributed by atoms with E-state index in [2.05, 4.69) is 49.5 Å². The van der Waals surface area contributed by atoms with Crippen LogP contribution in [-0.2, 0) is 0 Å². The van der Waals surface area contributed by atoms with Gasteiger partial charge in [-0.05, 0) is 55.0 Å². The Hall–Kier alpha value is -1.81. The van der Waals surface area contributed by atoms with Gasteiger partial charge >= 0.3 is 0 Å². The third-order valence-corrected chi connectivity index (χ3v) is 5.08. The first-order chi connectivity index (χ1) is 12.3. The van der Waals surface area contributed by atoms with Gasteiger partial charge in [-0.3, -0.25) is 4.98 Å². The van der Waals surface area contributed by atoms with E-state index in [4.69, 9.17) is 4.98 Å². The van der Waals surface area contributed by atoms with E-state index in [0.29, 0.717) is 17.3 Å². The minimum atomic E-state index is 0.360. The average molecular weight is 353 g/mol. The fourth-order valence-corrected chi connectivity index (χ4v) is 3.85. The second-order valence-electron chi connectivity index (χ2n) is 9.04. The molecule has 2 aromatic heterocycles. The summed E-state index contributed by atoms with van der Waals surface area (Å²) < 4.78 is 0. The number of aromatic nitrogens is 3. The number of pyridine rings is 1. The van der Waals surface area contributed by atoms with Crippen LogP contribution >= 0.6 is 0 Å². The SMILES string of the molecule is CC(C)c1cnc(-c2ccncc2)nc1C1CCN(CC(C)(C)C)CC1. The molecular formula is C22H32N4. The second-order valence-corrected chi connectivity index (χ2v) is 9.04. The van der Waals surface area contributed by atoms with Crippen LogP contribution in [-0.4, -0.2) is 39.5 Å². The van der Waals surface area contributed by atoms with Crippen LogP contribution in [0.5, 0.6) is 0 Å². The molecular weight excluding hydrogens is 320 g/mol. The molecule has 0 saturated carbocycles. The molecule has 4 nitrogen and oxygen atoms in total. The predicted octanol–water partition coefficient (Wildman–Crippen LogP) is 4.89. The Bertz CT molecular complexity index is 711. The van der Waals surface area contributed by atoms with E-state index in [-0.39, 0.29) is 0 Å². The standard InChI is InChI=1S/C22H32N4/c1-16(2)19-14-24-21(18-6-10-23-11-7-18)25-20(19)17-8-12-26(13-9-17)15-22(3,4)5/h6-7,10-11,14,16-17H,8-9,12-13,15H2,1-5H3. The van der Waals surface area contributed by atoms with Gasteiger partial charge in [0.2, 0.25) is 0 Å². The highest BCUT2D eigenvalue weighted by Gasteiger charge is 2.27. The molecule has 0 bridgehead atoms. The van der Waals surface area contributed by atoms with Crippen LogP contribution < -0.4 is 0 Å². The number of rotatable bonds is 4. The summed E-state index contributed by atoms with van der Waals surface area (Å²) in [6.45, 7) is 14.9. The highest BCUT2D eigenvalue weighted by Crippen LogP contribution is 2.33. The Labute approximate surface area is 158 Å². The van der Waals surface area contributed by atoms with Crippen molar-refractivity contribution in [1.82, 2.24) is 19.9 Å². The lowest BCUT2D eigenvalue weighted by atomic mass is 9.86. The van der Waals surface area contributed by atoms with Gasteiger partial charge in [0.25, 0.3) is 0 Å². The molecule has 26 heavy (non-hydrogen) atoms. The summed E-state index contributed by atoms with van der Waals surface area (Å²) >= 11 is 0. The van der Waals surface area contributed by atoms with Gasteiger partial charge in [-0.2, -0.15) is 0 Å². The molecule has 0 atom stereocenters. The molecule has 1 aliphatic rings. The van der Waals surface area contributed by atoms with Gasteiger partial charge in [0.1, 0.15) is 0 Å². The van der Waals surface area contributed by atoms with Crippen molar-refractivity contribution in [3.63, 3.8) is 0 Å². The maximum absolute atomic E-state index is 5.03. The lowest BCUT2D eigenvalue weighted by molar-refractivity contribution is 0.153. The van der Waals surface area contributed by atoms with Gasteiger partial charge in [0.05, 0.1) is 5.69 Å². The summed E-state index contributed by atoms with van der Waals surface area (Å²) in [6, 6.07) is 3.97. The van der Waals surface area contributed by atoms with Crippen LogP contribution in [0.1, 0.15) is 70.6 Å². The molecule has 4 heteroatoms. The Balaban J connectivity index is 1.82. The van der Waals surface area contributed by atoms with E-state index < -0.39 is 0 Å². The molecule has 3 rings (SSSR count). The van der Waals surface area contributed by atoms with Crippen molar-refractivity contribution in [2.24, 2.45) is 5.41 Å². The van der Waals surface area contributed by atoms with Crippen LogP contribution in [0.3, 0.4) is 0 Å². The molecule has 0 N–H and O–H groups in total. The van der Waals surface area contributed by atoms with Crippen molar-refractivity contribution in [3.8, 4) is 11.4 Å². The van der Waals surface area contributed by atoms with Gasteiger partial charge < -0.3 is 4.90 Å². The van der Waals surface area contributed by atoms with Crippen LogP contribution in [0.15, 0.2) is 30.7 Å². The number of likely N-dealkylation sites (tertiary alicyclic amines) is 1. The van der Waals surface area contributed by atoms with Gasteiger partial charge in [-0.15, -0.1) is 0 Å². The average Bonchev–Trinajstić information content (AvgIpc) is 2.61. The van der Waals surface area contributed by atoms with Crippen LogP contribution in [0, 0.1) is 5.41 Å². The van der Waals surface area contributed by atoms with Crippen molar-refractivity contribution in [2.75, 3.05) is 19.6 Å². The fraction of sp³-hybridized carbons (Fsp3) is 0.591. The quantitative estimate of drug-likeness (QED) is 0.786. The molecule has 140 valence electrons. The van der Waals surface area contributed by atoms with E-state index in [0.717, 1.165) is 24.5 Å². The predicted molar refractivity (Wildman–Crippen MR) is 107 cm³/mol. The summed E-state index contributed by atoms with van der Waals surface area (Å²) in [4.78, 5) is 16.4. The van der Waals surface area contributed by atoms with Gasteiger partial charge in [0.15, 0.2) is 5.82 Å². The summed E-state index contributed by atoms with van der Waals surface area (Å²) in [5.41, 5.74) is 3.97. The van der Waals surface area contributed by atoms with Crippen molar-refractivity contribution in [1.29, 1.82) is 0 Å². The monoisotopic (exact) mass is 352 g/mol. The zero-order valence-electron chi connectivity index (χ0n) is 16.9. The Kier molecular flexibility index (Phi) is 5.71. The third kappa shape index (κ3) is 4.67. The highest BCUT2D eigenvalue weighted by atomic mass is 15.1. The van der Waals surface area contributed by atoms with Crippen molar-refractivity contribution < 1.29 is 0 Å². The Morgan fingerprint density at radius 2 is 1.77 bits per heavy atom. The smallest absolute Gasteiger partial charge is 0.159 e. The largest absolute Gasteiger partial charge is 0.303 e. The maximum atomic E-state index is 5.03. The molecule has 3 heterocycles. The van der Waals surface area contributed by atoms with Gasteiger partial charge in [-0.1, -0.05) is 34.6 Å². The first-order valence-electron chi connectivity index (χ1n) is 9.83. The van der Waals surface area contributed by atoms with Gasteiger partial charge in [-0.25, -0.2) is 9.97 Å². The molecule has 0 amide bonds. The number of hydrogen-bond donors (Lipinski definition) is 0. The summed E-state index contributed by atoms with van der Waals surface area (Å²) in [6.07, 6.45) is 8.02. The van der Waals surface area contributed by atoms with Gasteiger partial charge in [0, 0.05) is 36.6 Å². The minimum Gasteiger partial charge on any atom is -0.303 e. The molecule has 1 saturated heterocycles. The fourth-order valence-electron chi connectivity index (χ4n) is 3.85. The normalized spacial score (nSPS) is 17.0. The summed E-state index contributed by atoms with van der Waals surface area (Å²) in [5, 5.41) is 0. The number of nitrogens with zero attached hydrogens (tertiary/aromatic N) is 4. The van der Waals surface area contributed by atoms with Crippen molar-refractivity contribution in [2.45, 2.75) is 59.3 Å². The van der Waals surface area contributed by atoms with Crippen molar-refractivity contribution in [3.05, 3.63) is 42.0 Å². The Morgan fingerprint density at radius 3 is 2.35 bits per heavy atom. The third-order valence-electron chi connectivity index (χ3n) is 5.08. The molecule has 0 aromatic carbocycles. The van der Waals surface area contributed by atoms with E-state index in [1.165, 1.54) is 30.6 Å². The molecule has 0 spiro atoms. The molecule has 0 unspecified atom stereocenters. The summed E-state index contributed by atoms with van der Waals surface area (Å²) in [5.74, 6) is 1.81. The molecule has 1 fully saturated rings. The Morgan fingerprint density at radius 1 is 1.12 bits per heavy atom. The lowest BCUT2D eigenvalue weighted by Gasteiger charge is -2.36. The van der Waals surface area contributed by atoms with E-state index in [9.17, 15) is 0 Å². The zero-order chi connectivity index (χ0) is 18.7. The number of piperidine rings is 1. The minimum absolute atomic E-state index is 0.360. The topological polar surface area (TPSA) is 41.9 Å². The first-order valence-corrected chi connectivity index (χ1v) is 9.83. The molecule has 2 aromatic rings. The number of hydrogen-bond acceptors (Lipinski definition) is 4. The summed E-state index contributed by atoms with van der Waals surface area (Å²) in [7, 11) is 0. The molecule has 1 aliphatic heterocycles. The van der Waals surface area contributed by atoms with Crippen LogP contribution in [0.2, 0.25) is 0 Å². The first kappa shape index (κ1) is 19.0. The van der Waals surface area contributed by atoms with Crippen LogP contribution in [0.25, 0.3) is 11.4 Å². The lowest BCUT2D eigenvalue weighted by Crippen LogP contribution is -2.38. The molecule has 0 radical (unpaired) electrons. The maximum Gasteiger partial charge on any atom is 0.159 e. The van der Waals surface area contributed by atoms with E-state index in [1.54, 1.807) is 12.4 Å². The zero-order valence-corrected chi connectivity index (χ0v) is 16.9. The second kappa shape index (κ2) is 7.83. The van der Waals surface area contributed by atoms with Crippen LogP contribution in [0.4, 0.5) is 0 Å². The van der Waals surface area contributed by atoms with E-state index in [1.807, 2.05) is 18.3 Å². The molecule has 0 aliphatic carbocycles. The van der Waals surface area contributed by atoms with Crippen molar-refractivity contribution >= 4 is 0 Å². The highest BCUT2D eigenvalue weighted by molar-refractivity contribution is 5.54.